The molecule has 1 aromatic heterocycles. The summed E-state index contributed by atoms with van der Waals surface area (Å²) in [6, 6.07) is 13.9. The summed E-state index contributed by atoms with van der Waals surface area (Å²) >= 11 is 1.09. The molecule has 3 N–H and O–H groups in total. The average Bonchev–Trinajstić information content (AvgIpc) is 4.07. The number of carbonyl (C=O) groups is 7. The number of hydrogen-bond donors (Lipinski definition) is 3. The Kier molecular flexibility index (Phi) is 26.0. The first-order valence-electron chi connectivity index (χ1n) is 24.8. The summed E-state index contributed by atoms with van der Waals surface area (Å²) in [5.41, 5.74) is 1.38. The summed E-state index contributed by atoms with van der Waals surface area (Å²) in [6.45, 7) is 8.59. The van der Waals surface area contributed by atoms with Crippen molar-refractivity contribution < 1.29 is 89.1 Å². The van der Waals surface area contributed by atoms with Crippen molar-refractivity contribution in [3.63, 3.8) is 0 Å². The van der Waals surface area contributed by atoms with Gasteiger partial charge in [0.1, 0.15) is 23.6 Å². The molecule has 3 heterocycles. The number of thioether (sulfide) groups is 1. The second-order valence-electron chi connectivity index (χ2n) is 19.2. The minimum Gasteiger partial charge on any atom is -0.481 e. The van der Waals surface area contributed by atoms with Crippen LogP contribution in [0.4, 0.5) is 26.3 Å². The Morgan fingerprint density at radius 3 is 1.96 bits per heavy atom. The topological polar surface area (TPSA) is 220 Å². The summed E-state index contributed by atoms with van der Waals surface area (Å²) in [6.07, 6.45) is -1.92. The van der Waals surface area contributed by atoms with Crippen LogP contribution in [0.25, 0.3) is 11.1 Å². The molecule has 17 nitrogen and oxygen atoms in total. The van der Waals surface area contributed by atoms with Gasteiger partial charge < -0.3 is 43.9 Å². The number of carboxylic acids is 2. The third-order valence-electron chi connectivity index (χ3n) is 12.0. The number of nitrogens with one attached hydrogen (secondary N) is 1. The van der Waals surface area contributed by atoms with Crippen LogP contribution in [0, 0.1) is 28.9 Å². The molecule has 2 aromatic carbocycles. The molecule has 77 heavy (non-hydrogen) atoms. The van der Waals surface area contributed by atoms with E-state index < -0.39 is 71.0 Å². The molecule has 0 spiro atoms. The van der Waals surface area contributed by atoms with Crippen molar-refractivity contribution in [1.82, 2.24) is 19.7 Å². The van der Waals surface area contributed by atoms with Gasteiger partial charge in [0.15, 0.2) is 5.78 Å². The van der Waals surface area contributed by atoms with Crippen molar-refractivity contribution in [3.05, 3.63) is 95.8 Å². The van der Waals surface area contributed by atoms with Gasteiger partial charge in [0.2, 0.25) is 5.91 Å². The molecule has 3 aromatic rings. The molecule has 1 fully saturated rings. The van der Waals surface area contributed by atoms with Gasteiger partial charge in [0.25, 0.3) is 11.8 Å². The molecule has 5 rings (SSSR count). The molecule has 0 radical (unpaired) electrons. The Morgan fingerprint density at radius 2 is 1.40 bits per heavy atom. The summed E-state index contributed by atoms with van der Waals surface area (Å²) in [4.78, 5) is 86.2. The van der Waals surface area contributed by atoms with Gasteiger partial charge in [-0.25, -0.2) is 18.0 Å². The van der Waals surface area contributed by atoms with Gasteiger partial charge in [-0.1, -0.05) is 51.1 Å². The monoisotopic (exact) mass is 1110 g/mol. The van der Waals surface area contributed by atoms with E-state index in [1.54, 1.807) is 17.2 Å². The Hall–Kier alpha value is -5.92. The van der Waals surface area contributed by atoms with Crippen LogP contribution in [0.5, 0.6) is 0 Å². The highest BCUT2D eigenvalue weighted by Crippen LogP contribution is 2.42. The van der Waals surface area contributed by atoms with Gasteiger partial charge in [0, 0.05) is 98.9 Å². The van der Waals surface area contributed by atoms with Gasteiger partial charge in [-0.15, -0.1) is 0 Å². The predicted octanol–water partition coefficient (Wildman–Crippen LogP) is 6.71. The first-order valence-corrected chi connectivity index (χ1v) is 25.9. The van der Waals surface area contributed by atoms with E-state index in [1.807, 2.05) is 55.7 Å². The number of ether oxygens (including phenoxy) is 4. The van der Waals surface area contributed by atoms with E-state index in [0.29, 0.717) is 63.8 Å². The third-order valence-corrected chi connectivity index (χ3v) is 13.1. The Bertz CT molecular complexity index is 2450. The van der Waals surface area contributed by atoms with Gasteiger partial charge in [0.05, 0.1) is 70.5 Å². The molecule has 0 bridgehead atoms. The summed E-state index contributed by atoms with van der Waals surface area (Å²) in [5, 5.41) is 20.2. The number of rotatable bonds is 32. The number of carbonyl (C=O) groups excluding carboxylic acids is 5. The van der Waals surface area contributed by atoms with Crippen LogP contribution in [0.15, 0.2) is 72.9 Å². The van der Waals surface area contributed by atoms with E-state index in [-0.39, 0.29) is 93.3 Å². The smallest absolute Gasteiger partial charge is 0.481 e. The number of hydrogen-bond acceptors (Lipinski definition) is 13. The molecule has 0 aliphatic carbocycles. The van der Waals surface area contributed by atoms with Gasteiger partial charge in [-0.2, -0.15) is 24.9 Å². The number of halogens is 6. The summed E-state index contributed by atoms with van der Waals surface area (Å²) in [7, 11) is 0. The zero-order valence-electron chi connectivity index (χ0n) is 43.1. The highest BCUT2D eigenvalue weighted by Gasteiger charge is 2.41. The first-order chi connectivity index (χ1) is 36.5. The van der Waals surface area contributed by atoms with Crippen molar-refractivity contribution >= 4 is 53.0 Å². The number of ketones is 2. The lowest BCUT2D eigenvalue weighted by Crippen LogP contribution is -2.46. The fourth-order valence-corrected chi connectivity index (χ4v) is 9.23. The van der Waals surface area contributed by atoms with Gasteiger partial charge >= 0.3 is 18.1 Å². The van der Waals surface area contributed by atoms with Gasteiger partial charge in [-0.3, -0.25) is 33.7 Å². The molecule has 4 atom stereocenters. The second-order valence-corrected chi connectivity index (χ2v) is 20.2. The van der Waals surface area contributed by atoms with Crippen LogP contribution >= 0.6 is 11.8 Å². The van der Waals surface area contributed by atoms with Crippen LogP contribution < -0.4 is 5.32 Å². The van der Waals surface area contributed by atoms with Crippen molar-refractivity contribution in [1.29, 1.82) is 0 Å². The minimum absolute atomic E-state index is 0.00900. The Morgan fingerprint density at radius 1 is 0.805 bits per heavy atom. The SMILES string of the molecule is CC(C)(C)[C@H](c1cc(-c2cc(F)ccc2F)cn1Cc1ccccc1)N(C[C@@H]1CNC[C@@H]1F)C(=O)CSC[C@H](CC(=O)CCOCCOCCOCCOCCCC(=O)CN1C(=O)C=CC1=O)C(=O)O.O=C(O)C(F)(F)F. The van der Waals surface area contributed by atoms with Crippen LogP contribution in [0.1, 0.15) is 63.8 Å². The quantitative estimate of drug-likeness (QED) is 0.0336. The molecule has 424 valence electrons. The van der Waals surface area contributed by atoms with Crippen molar-refractivity contribution in [2.24, 2.45) is 17.3 Å². The van der Waals surface area contributed by atoms with E-state index in [1.165, 1.54) is 0 Å². The molecule has 3 amide bonds. The number of nitrogens with zero attached hydrogens (tertiary/aromatic N) is 3. The third kappa shape index (κ3) is 21.8. The minimum atomic E-state index is -5.08. The van der Waals surface area contributed by atoms with Crippen LogP contribution in [-0.2, 0) is 59.1 Å². The molecular formula is C53H66F6N4O13S. The zero-order chi connectivity index (χ0) is 56.7. The number of Topliss-reactive ketones (excluding diaryl/α,β-unsaturated/α-hetero) is 2. The normalized spacial score (nSPS) is 16.3. The van der Waals surface area contributed by atoms with Crippen LogP contribution in [0.2, 0.25) is 0 Å². The fraction of sp³-hybridized carbons (Fsp3) is 0.528. The first kappa shape index (κ1) is 63.6. The van der Waals surface area contributed by atoms with E-state index in [0.717, 1.165) is 52.6 Å². The van der Waals surface area contributed by atoms with E-state index in [9.17, 15) is 51.4 Å². The summed E-state index contributed by atoms with van der Waals surface area (Å²) in [5.74, 6) is -8.79. The zero-order valence-corrected chi connectivity index (χ0v) is 43.9. The van der Waals surface area contributed by atoms with Crippen molar-refractivity contribution in [2.75, 3.05) is 90.5 Å². The number of benzene rings is 2. The highest BCUT2D eigenvalue weighted by molar-refractivity contribution is 7.99. The maximum absolute atomic E-state index is 15.3. The highest BCUT2D eigenvalue weighted by atomic mass is 32.2. The van der Waals surface area contributed by atoms with Crippen LogP contribution in [0.3, 0.4) is 0 Å². The number of aliphatic carboxylic acids is 2. The number of imide groups is 1. The lowest BCUT2D eigenvalue weighted by atomic mass is 9.82. The summed E-state index contributed by atoms with van der Waals surface area (Å²) < 4.78 is 101. The number of carboxylic acid groups (broad SMARTS) is 2. The molecule has 0 saturated carbocycles. The number of amides is 3. The standard InChI is InChI=1S/C51H65F3N4O11S.C2HF3O2/c1-51(2,3)49(45-25-36(42-26-39(52)11-12-43(42)53)30-56(45)29-35-8-5-4-6-9-35)58(31-38-27-55-28-44(38)54)48(63)34-70-33-37(50(64)65)24-40(59)15-17-67-19-21-69-23-22-68-20-18-66-16-7-10-41(60)32-57-46(61)13-14-47(57)62;3-2(4,5)1(6)7/h4-6,8-9,11-14,25-26,30,37-38,44,49,55H,7,10,15-24,27-29,31-34H2,1-3H3,(H,64,65);(H,6,7)/t37-,38-,44-,49-;/m0./s1. The second kappa shape index (κ2) is 31.5. The van der Waals surface area contributed by atoms with E-state index in [2.05, 4.69) is 5.32 Å². The lowest BCUT2D eigenvalue weighted by molar-refractivity contribution is -0.192. The molecule has 0 unspecified atom stereocenters. The molecule has 1 saturated heterocycles. The lowest BCUT2D eigenvalue weighted by Gasteiger charge is -2.42. The predicted molar refractivity (Wildman–Crippen MR) is 270 cm³/mol. The van der Waals surface area contributed by atoms with Crippen molar-refractivity contribution in [2.45, 2.75) is 71.4 Å². The van der Waals surface area contributed by atoms with Crippen molar-refractivity contribution in [3.8, 4) is 11.1 Å². The molecule has 2 aliphatic heterocycles. The largest absolute Gasteiger partial charge is 0.490 e. The number of alkyl halides is 4. The Labute approximate surface area is 446 Å². The maximum atomic E-state index is 15.3. The maximum Gasteiger partial charge on any atom is 0.490 e. The Balaban J connectivity index is 0.00000171. The number of aromatic nitrogens is 1. The van der Waals surface area contributed by atoms with Crippen LogP contribution in [-0.4, -0.2) is 169 Å². The van der Waals surface area contributed by atoms with E-state index in [4.69, 9.17) is 28.8 Å². The van der Waals surface area contributed by atoms with E-state index >= 15 is 8.78 Å². The van der Waals surface area contributed by atoms with Gasteiger partial charge in [-0.05, 0) is 41.7 Å². The fourth-order valence-electron chi connectivity index (χ4n) is 8.22. The molecular weight excluding hydrogens is 1050 g/mol. The molecule has 2 aliphatic rings. The average molecular weight is 1110 g/mol. The molecule has 24 heteroatoms.